The van der Waals surface area contributed by atoms with Crippen LogP contribution in [0.25, 0.3) is 0 Å². The Kier molecular flexibility index (Phi) is 3.57. The predicted molar refractivity (Wildman–Crippen MR) is 105 cm³/mol. The fourth-order valence-electron chi connectivity index (χ4n) is 7.77. The van der Waals surface area contributed by atoms with E-state index in [2.05, 4.69) is 45.2 Å². The van der Waals surface area contributed by atoms with E-state index in [0.29, 0.717) is 0 Å². The minimum absolute atomic E-state index is 0.0532. The molecule has 0 unspecified atom stereocenters. The Morgan fingerprint density at radius 1 is 0.846 bits per heavy atom. The van der Waals surface area contributed by atoms with Gasteiger partial charge in [-0.3, -0.25) is 19.2 Å². The zero-order valence-corrected chi connectivity index (χ0v) is 18.6. The molecule has 8 heteroatoms. The lowest BCUT2D eigenvalue weighted by molar-refractivity contribution is -0.195. The van der Waals surface area contributed by atoms with Crippen LogP contribution in [0.3, 0.4) is 0 Å². The van der Waals surface area contributed by atoms with Crippen molar-refractivity contribution in [1.82, 2.24) is 0 Å². The van der Waals surface area contributed by atoms with Gasteiger partial charge in [0.25, 0.3) is 0 Å². The summed E-state index contributed by atoms with van der Waals surface area (Å²) >= 11 is 4.21. The van der Waals surface area contributed by atoms with Crippen molar-refractivity contribution in [1.29, 1.82) is 0 Å². The third-order valence-electron chi connectivity index (χ3n) is 7.77. The molecule has 0 radical (unpaired) electrons. The SMILES string of the molecule is CCOC(=O)[C@]12[C@@H]3[C@H]4[C@@H]5[C@@H]([C@H](I)C(=O)[C@H]51)[C@@]2(C(=O)OCC)[C@H]4C(=O)[C@H]3I. The van der Waals surface area contributed by atoms with Gasteiger partial charge < -0.3 is 9.47 Å². The van der Waals surface area contributed by atoms with E-state index < -0.39 is 34.6 Å². The summed E-state index contributed by atoms with van der Waals surface area (Å²) in [6.07, 6.45) is 0. The predicted octanol–water partition coefficient (Wildman–Crippen LogP) is 1.60. The van der Waals surface area contributed by atoms with Crippen molar-refractivity contribution in [3.05, 3.63) is 0 Å². The average Bonchev–Trinajstić information content (AvgIpc) is 3.34. The third-order valence-corrected chi connectivity index (χ3v) is 10.6. The molecule has 0 aromatic carbocycles. The zero-order chi connectivity index (χ0) is 18.8. The van der Waals surface area contributed by atoms with E-state index in [0.717, 1.165) is 0 Å². The normalized spacial score (nSPS) is 54.5. The molecule has 0 aromatic rings. The van der Waals surface area contributed by atoms with Gasteiger partial charge in [0.15, 0.2) is 11.6 Å². The number of ether oxygens (including phenoxy) is 2. The van der Waals surface area contributed by atoms with Crippen LogP contribution >= 0.6 is 45.2 Å². The maximum atomic E-state index is 13.4. The molecule has 0 aliphatic heterocycles. The van der Waals surface area contributed by atoms with E-state index in [1.807, 2.05) is 0 Å². The molecule has 0 saturated heterocycles. The number of esters is 2. The molecule has 6 fully saturated rings. The van der Waals surface area contributed by atoms with Gasteiger partial charge in [0.1, 0.15) is 0 Å². The van der Waals surface area contributed by atoms with Crippen LogP contribution in [0.15, 0.2) is 0 Å². The maximum Gasteiger partial charge on any atom is 0.314 e. The van der Waals surface area contributed by atoms with E-state index in [1.165, 1.54) is 0 Å². The van der Waals surface area contributed by atoms with Crippen molar-refractivity contribution < 1.29 is 28.7 Å². The summed E-state index contributed by atoms with van der Waals surface area (Å²) in [7, 11) is 0. The quantitative estimate of drug-likeness (QED) is 0.284. The molecule has 0 heterocycles. The summed E-state index contributed by atoms with van der Waals surface area (Å²) < 4.78 is 10.2. The highest BCUT2D eigenvalue weighted by molar-refractivity contribution is 14.1. The lowest BCUT2D eigenvalue weighted by Crippen LogP contribution is -2.67. The van der Waals surface area contributed by atoms with Gasteiger partial charge in [0, 0.05) is 11.8 Å². The molecule has 8 bridgehead atoms. The van der Waals surface area contributed by atoms with Crippen LogP contribution in [-0.4, -0.2) is 44.6 Å². The largest absolute Gasteiger partial charge is 0.466 e. The van der Waals surface area contributed by atoms with Crippen molar-refractivity contribution in [2.24, 2.45) is 46.3 Å². The van der Waals surface area contributed by atoms with E-state index >= 15 is 0 Å². The molecule has 6 saturated carbocycles. The van der Waals surface area contributed by atoms with Crippen LogP contribution in [0.1, 0.15) is 13.8 Å². The highest BCUT2D eigenvalue weighted by atomic mass is 127. The Bertz CT molecular complexity index is 718. The maximum absolute atomic E-state index is 13.4. The summed E-state index contributed by atoms with van der Waals surface area (Å²) in [6.45, 7) is 3.82. The zero-order valence-electron chi connectivity index (χ0n) is 14.2. The lowest BCUT2D eigenvalue weighted by Gasteiger charge is -2.52. The summed E-state index contributed by atoms with van der Waals surface area (Å²) in [4.78, 5) is 52.8. The number of hydrogen-bond acceptors (Lipinski definition) is 6. The van der Waals surface area contributed by atoms with Crippen LogP contribution in [0.2, 0.25) is 0 Å². The average molecular weight is 584 g/mol. The molecule has 6 aliphatic carbocycles. The highest BCUT2D eigenvalue weighted by Crippen LogP contribution is 2.92. The summed E-state index contributed by atoms with van der Waals surface area (Å²) in [5, 5.41) is 0. The van der Waals surface area contributed by atoms with E-state index in [4.69, 9.17) is 9.47 Å². The molecule has 6 aliphatic rings. The summed E-state index contributed by atoms with van der Waals surface area (Å²) in [6, 6.07) is 0. The first-order chi connectivity index (χ1) is 12.3. The molecule has 6 nitrogen and oxygen atoms in total. The molecule has 0 aromatic heterocycles. The number of hydrogen-bond donors (Lipinski definition) is 0. The van der Waals surface area contributed by atoms with Gasteiger partial charge in [-0.05, 0) is 37.5 Å². The molecule has 10 atom stereocenters. The number of rotatable bonds is 4. The molecule has 0 N–H and O–H groups in total. The first-order valence-electron chi connectivity index (χ1n) is 9.05. The van der Waals surface area contributed by atoms with Crippen LogP contribution in [0, 0.1) is 46.3 Å². The van der Waals surface area contributed by atoms with Gasteiger partial charge >= 0.3 is 11.9 Å². The monoisotopic (exact) mass is 584 g/mol. The van der Waals surface area contributed by atoms with Crippen LogP contribution in [0.5, 0.6) is 0 Å². The van der Waals surface area contributed by atoms with Crippen molar-refractivity contribution in [3.63, 3.8) is 0 Å². The molecule has 140 valence electrons. The van der Waals surface area contributed by atoms with Gasteiger partial charge in [-0.1, -0.05) is 45.2 Å². The molecule has 0 amide bonds. The Balaban J connectivity index is 1.81. The second-order valence-corrected chi connectivity index (χ2v) is 10.6. The number of carbonyl (C=O) groups is 4. The number of ketones is 2. The van der Waals surface area contributed by atoms with Gasteiger partial charge in [0.2, 0.25) is 0 Å². The fraction of sp³-hybridized carbons (Fsp3) is 0.778. The number of carbonyl (C=O) groups excluding carboxylic acids is 4. The van der Waals surface area contributed by atoms with Gasteiger partial charge in [-0.15, -0.1) is 0 Å². The van der Waals surface area contributed by atoms with Crippen LogP contribution < -0.4 is 0 Å². The highest BCUT2D eigenvalue weighted by Gasteiger charge is 3.01. The number of alkyl halides is 2. The second kappa shape index (κ2) is 5.21. The Labute approximate surface area is 177 Å². The van der Waals surface area contributed by atoms with Crippen molar-refractivity contribution in [2.45, 2.75) is 21.7 Å². The van der Waals surface area contributed by atoms with Gasteiger partial charge in [-0.2, -0.15) is 0 Å². The van der Waals surface area contributed by atoms with E-state index in [1.54, 1.807) is 13.8 Å². The van der Waals surface area contributed by atoms with Crippen LogP contribution in [-0.2, 0) is 28.7 Å². The molecular formula is C18H18I2O6. The van der Waals surface area contributed by atoms with E-state index in [9.17, 15) is 19.2 Å². The van der Waals surface area contributed by atoms with Gasteiger partial charge in [-0.25, -0.2) is 0 Å². The summed E-state index contributed by atoms with van der Waals surface area (Å²) in [5.41, 5.74) is -2.42. The minimum atomic E-state index is -1.21. The molecule has 0 spiro atoms. The molecule has 6 rings (SSSR count). The van der Waals surface area contributed by atoms with Crippen molar-refractivity contribution in [3.8, 4) is 0 Å². The first kappa shape index (κ1) is 17.8. The van der Waals surface area contributed by atoms with Crippen LogP contribution in [0.4, 0.5) is 0 Å². The Morgan fingerprint density at radius 2 is 1.19 bits per heavy atom. The summed E-state index contributed by atoms with van der Waals surface area (Å²) in [5.74, 6) is -2.56. The van der Waals surface area contributed by atoms with Gasteiger partial charge in [0.05, 0.1) is 31.9 Å². The lowest BCUT2D eigenvalue weighted by atomic mass is 9.49. The standard InChI is InChI=1S/C18H18I2O6/c1-3-25-15(23)17-7-5-6-8(12(20)13(21)9(6)17)18(17,16(24)26-4-2)10(5)14(22)11(7)19/h5-12H,3-4H2,1-2H3/t5-,6-,7-,8+,9+,10-,11+,12+,17+,18+/m1/s1. The third kappa shape index (κ3) is 1.37. The molecular weight excluding hydrogens is 566 g/mol. The number of halogens is 2. The first-order valence-corrected chi connectivity index (χ1v) is 11.5. The number of Topliss-reactive ketones (excluding diaryl/α,β-unsaturated/α-hetero) is 2. The molecule has 26 heavy (non-hydrogen) atoms. The Hall–Kier alpha value is -0.260. The second-order valence-electron chi connectivity index (χ2n) is 7.95. The minimum Gasteiger partial charge on any atom is -0.466 e. The fourth-order valence-corrected chi connectivity index (χ4v) is 10.6. The smallest absolute Gasteiger partial charge is 0.314 e. The van der Waals surface area contributed by atoms with Crippen molar-refractivity contribution in [2.75, 3.05) is 13.2 Å². The van der Waals surface area contributed by atoms with E-state index in [-0.39, 0.29) is 56.3 Å². The van der Waals surface area contributed by atoms with Crippen molar-refractivity contribution >= 4 is 68.7 Å². The topological polar surface area (TPSA) is 86.7 Å². The Morgan fingerprint density at radius 3 is 1.50 bits per heavy atom.